The van der Waals surface area contributed by atoms with E-state index in [2.05, 4.69) is 5.32 Å². The number of carbonyl (C=O) groups excluding carboxylic acids is 1. The van der Waals surface area contributed by atoms with E-state index >= 15 is 0 Å². The predicted molar refractivity (Wildman–Crippen MR) is 103 cm³/mol. The Kier molecular flexibility index (Phi) is 5.71. The fraction of sp³-hybridized carbons (Fsp3) is 0.136. The molecule has 0 spiro atoms. The average Bonchev–Trinajstić information content (AvgIpc) is 2.69. The first kappa shape index (κ1) is 18.5. The minimum absolute atomic E-state index is 0.0983. The van der Waals surface area contributed by atoms with Gasteiger partial charge >= 0.3 is 0 Å². The van der Waals surface area contributed by atoms with Gasteiger partial charge in [0, 0.05) is 23.2 Å². The highest BCUT2D eigenvalue weighted by atomic mass is 19.1. The molecule has 1 amide bonds. The lowest BCUT2D eigenvalue weighted by Gasteiger charge is -2.12. The Morgan fingerprint density at radius 1 is 0.926 bits per heavy atom. The zero-order chi connectivity index (χ0) is 19.2. The third-order valence-corrected chi connectivity index (χ3v) is 4.19. The van der Waals surface area contributed by atoms with Gasteiger partial charge in [-0.3, -0.25) is 4.79 Å². The minimum atomic E-state index is -0.579. The lowest BCUT2D eigenvalue weighted by molar-refractivity contribution is 0.102. The number of nitrogens with one attached hydrogen (secondary N) is 1. The fourth-order valence-electron chi connectivity index (χ4n) is 2.82. The quantitative estimate of drug-likeness (QED) is 0.690. The number of benzene rings is 3. The van der Waals surface area contributed by atoms with Gasteiger partial charge in [0.2, 0.25) is 0 Å². The van der Waals surface area contributed by atoms with Gasteiger partial charge in [0.25, 0.3) is 5.91 Å². The number of hydrogen-bond acceptors (Lipinski definition) is 3. The molecule has 0 fully saturated rings. The third kappa shape index (κ3) is 4.44. The van der Waals surface area contributed by atoms with Crippen molar-refractivity contribution >= 4 is 11.6 Å². The van der Waals surface area contributed by atoms with Gasteiger partial charge in [0.1, 0.15) is 5.75 Å². The Labute approximate surface area is 157 Å². The molecule has 1 N–H and O–H groups in total. The van der Waals surface area contributed by atoms with Crippen molar-refractivity contribution in [3.63, 3.8) is 0 Å². The van der Waals surface area contributed by atoms with E-state index in [1.807, 2.05) is 42.5 Å². The number of carbonyl (C=O) groups is 1. The molecule has 4 nitrogen and oxygen atoms in total. The number of amides is 1. The molecule has 0 aliphatic carbocycles. The molecule has 0 atom stereocenters. The summed E-state index contributed by atoms with van der Waals surface area (Å²) in [6.07, 6.45) is 0.672. The van der Waals surface area contributed by atoms with Crippen LogP contribution in [0.2, 0.25) is 0 Å². The fourth-order valence-corrected chi connectivity index (χ4v) is 2.82. The molecule has 27 heavy (non-hydrogen) atoms. The molecular weight excluding hydrogens is 345 g/mol. The second-order valence-corrected chi connectivity index (χ2v) is 5.99. The maximum Gasteiger partial charge on any atom is 0.255 e. The van der Waals surface area contributed by atoms with Gasteiger partial charge in [0.15, 0.2) is 11.6 Å². The van der Waals surface area contributed by atoms with E-state index in [0.29, 0.717) is 12.1 Å². The van der Waals surface area contributed by atoms with E-state index in [0.717, 1.165) is 22.9 Å². The number of ether oxygens (including phenoxy) is 2. The van der Waals surface area contributed by atoms with Crippen LogP contribution in [0.4, 0.5) is 10.1 Å². The molecule has 5 heteroatoms. The van der Waals surface area contributed by atoms with Gasteiger partial charge in [0.05, 0.1) is 14.2 Å². The highest BCUT2D eigenvalue weighted by molar-refractivity contribution is 6.04. The molecule has 0 unspecified atom stereocenters. The van der Waals surface area contributed by atoms with E-state index in [1.54, 1.807) is 13.2 Å². The van der Waals surface area contributed by atoms with Gasteiger partial charge in [-0.25, -0.2) is 4.39 Å². The molecule has 0 heterocycles. The zero-order valence-electron chi connectivity index (χ0n) is 15.2. The molecule has 0 aliphatic heterocycles. The van der Waals surface area contributed by atoms with E-state index in [1.165, 1.54) is 19.2 Å². The highest BCUT2D eigenvalue weighted by Gasteiger charge is 2.12. The summed E-state index contributed by atoms with van der Waals surface area (Å²) in [5, 5.41) is 2.80. The van der Waals surface area contributed by atoms with Crippen molar-refractivity contribution in [2.75, 3.05) is 19.5 Å². The first-order valence-electron chi connectivity index (χ1n) is 8.46. The largest absolute Gasteiger partial charge is 0.496 e. The summed E-state index contributed by atoms with van der Waals surface area (Å²) in [6, 6.07) is 19.5. The van der Waals surface area contributed by atoms with Crippen molar-refractivity contribution < 1.29 is 18.7 Å². The zero-order valence-corrected chi connectivity index (χ0v) is 15.2. The summed E-state index contributed by atoms with van der Waals surface area (Å²) < 4.78 is 24.1. The topological polar surface area (TPSA) is 47.6 Å². The smallest absolute Gasteiger partial charge is 0.255 e. The van der Waals surface area contributed by atoms with Crippen LogP contribution in [0, 0.1) is 5.82 Å². The van der Waals surface area contributed by atoms with E-state index in [9.17, 15) is 9.18 Å². The van der Waals surface area contributed by atoms with E-state index in [-0.39, 0.29) is 11.3 Å². The molecule has 0 saturated carbocycles. The van der Waals surface area contributed by atoms with Crippen LogP contribution in [0.3, 0.4) is 0 Å². The van der Waals surface area contributed by atoms with Gasteiger partial charge in [-0.2, -0.15) is 0 Å². The summed E-state index contributed by atoms with van der Waals surface area (Å²) >= 11 is 0. The van der Waals surface area contributed by atoms with Crippen molar-refractivity contribution in [2.24, 2.45) is 0 Å². The van der Waals surface area contributed by atoms with Crippen LogP contribution in [-0.4, -0.2) is 20.1 Å². The maximum absolute atomic E-state index is 13.8. The normalized spacial score (nSPS) is 10.3. The number of halogens is 1. The van der Waals surface area contributed by atoms with Gasteiger partial charge in [-0.15, -0.1) is 0 Å². The van der Waals surface area contributed by atoms with Crippen LogP contribution in [0.5, 0.6) is 11.5 Å². The molecule has 0 radical (unpaired) electrons. The number of hydrogen-bond donors (Lipinski definition) is 1. The second kappa shape index (κ2) is 8.36. The highest BCUT2D eigenvalue weighted by Crippen LogP contribution is 2.26. The molecule has 0 bridgehead atoms. The minimum Gasteiger partial charge on any atom is -0.496 e. The van der Waals surface area contributed by atoms with Crippen molar-refractivity contribution in [3.05, 3.63) is 89.2 Å². The summed E-state index contributed by atoms with van der Waals surface area (Å²) in [7, 11) is 2.99. The molecule has 3 aromatic carbocycles. The van der Waals surface area contributed by atoms with Crippen LogP contribution < -0.4 is 14.8 Å². The van der Waals surface area contributed by atoms with Gasteiger partial charge in [-0.1, -0.05) is 30.3 Å². The van der Waals surface area contributed by atoms with Crippen molar-refractivity contribution in [1.29, 1.82) is 0 Å². The van der Waals surface area contributed by atoms with Crippen molar-refractivity contribution in [1.82, 2.24) is 0 Å². The second-order valence-electron chi connectivity index (χ2n) is 5.99. The molecule has 0 aromatic heterocycles. The van der Waals surface area contributed by atoms with Crippen LogP contribution in [0.15, 0.2) is 66.7 Å². The average molecular weight is 365 g/mol. The lowest BCUT2D eigenvalue weighted by atomic mass is 10.0. The lowest BCUT2D eigenvalue weighted by Crippen LogP contribution is -2.12. The Bertz CT molecular complexity index is 942. The summed E-state index contributed by atoms with van der Waals surface area (Å²) in [6.45, 7) is 0. The number of anilines is 1. The van der Waals surface area contributed by atoms with E-state index in [4.69, 9.17) is 9.47 Å². The summed E-state index contributed by atoms with van der Waals surface area (Å²) in [5.74, 6) is -0.134. The SMILES string of the molecule is COc1ccc(C(=O)Nc2ccc(OC)c(Cc3ccccc3)c2)cc1F. The van der Waals surface area contributed by atoms with Gasteiger partial charge < -0.3 is 14.8 Å². The van der Waals surface area contributed by atoms with Crippen molar-refractivity contribution in [2.45, 2.75) is 6.42 Å². The van der Waals surface area contributed by atoms with Crippen LogP contribution >= 0.6 is 0 Å². The molecule has 3 rings (SSSR count). The van der Waals surface area contributed by atoms with E-state index < -0.39 is 11.7 Å². The standard InChI is InChI=1S/C22H20FNO3/c1-26-20-11-9-18(13-17(20)12-15-6-4-3-5-7-15)24-22(25)16-8-10-21(27-2)19(23)14-16/h3-11,13-14H,12H2,1-2H3,(H,24,25). The third-order valence-electron chi connectivity index (χ3n) is 4.19. The first-order chi connectivity index (χ1) is 13.1. The monoisotopic (exact) mass is 365 g/mol. The predicted octanol–water partition coefficient (Wildman–Crippen LogP) is 4.69. The maximum atomic E-state index is 13.8. The van der Waals surface area contributed by atoms with Crippen LogP contribution in [0.25, 0.3) is 0 Å². The molecule has 138 valence electrons. The van der Waals surface area contributed by atoms with Gasteiger partial charge in [-0.05, 0) is 42.0 Å². The number of methoxy groups -OCH3 is 2. The molecule has 3 aromatic rings. The Balaban J connectivity index is 1.81. The Morgan fingerprint density at radius 2 is 1.63 bits per heavy atom. The van der Waals surface area contributed by atoms with Crippen LogP contribution in [0.1, 0.15) is 21.5 Å². The molecular formula is C22H20FNO3. The first-order valence-corrected chi connectivity index (χ1v) is 8.46. The summed E-state index contributed by atoms with van der Waals surface area (Å²) in [5.41, 5.74) is 2.91. The molecule has 0 saturated heterocycles. The van der Waals surface area contributed by atoms with Crippen molar-refractivity contribution in [3.8, 4) is 11.5 Å². The Hall–Kier alpha value is -3.34. The Morgan fingerprint density at radius 3 is 2.30 bits per heavy atom. The molecule has 0 aliphatic rings. The number of rotatable bonds is 6. The van der Waals surface area contributed by atoms with Crippen LogP contribution in [-0.2, 0) is 6.42 Å². The summed E-state index contributed by atoms with van der Waals surface area (Å²) in [4.78, 5) is 12.4.